The third-order valence-corrected chi connectivity index (χ3v) is 5.49. The number of rotatable bonds is 11. The van der Waals surface area contributed by atoms with Gasteiger partial charge in [0.25, 0.3) is 0 Å². The van der Waals surface area contributed by atoms with Crippen molar-refractivity contribution in [1.29, 1.82) is 0 Å². The number of amides is 1. The molecule has 2 heterocycles. The second-order valence-electron chi connectivity index (χ2n) is 7.58. The van der Waals surface area contributed by atoms with Crippen molar-refractivity contribution < 1.29 is 9.53 Å². The van der Waals surface area contributed by atoms with E-state index in [1.54, 1.807) is 0 Å². The van der Waals surface area contributed by atoms with E-state index < -0.39 is 11.9 Å². The van der Waals surface area contributed by atoms with Crippen LogP contribution in [0.15, 0.2) is 65.9 Å². The Labute approximate surface area is 178 Å². The number of primary amides is 1. The van der Waals surface area contributed by atoms with Crippen LogP contribution in [0.3, 0.4) is 0 Å². The molecule has 0 fully saturated rings. The molecule has 0 saturated carbocycles. The van der Waals surface area contributed by atoms with E-state index in [1.165, 1.54) is 5.56 Å². The van der Waals surface area contributed by atoms with Crippen LogP contribution in [-0.4, -0.2) is 36.8 Å². The predicted octanol–water partition coefficient (Wildman–Crippen LogP) is 3.25. The Morgan fingerprint density at radius 3 is 2.73 bits per heavy atom. The fourth-order valence-electron chi connectivity index (χ4n) is 3.82. The van der Waals surface area contributed by atoms with Crippen LogP contribution in [0, 0.1) is 5.41 Å². The molecular weight excluding hydrogens is 376 g/mol. The average Bonchev–Trinajstić information content (AvgIpc) is 2.78. The fourth-order valence-corrected chi connectivity index (χ4v) is 3.82. The molecule has 3 rings (SSSR count). The molecule has 30 heavy (non-hydrogen) atoms. The van der Waals surface area contributed by atoms with E-state index in [0.717, 1.165) is 31.4 Å². The zero-order valence-electron chi connectivity index (χ0n) is 17.5. The van der Waals surface area contributed by atoms with Crippen molar-refractivity contribution in [3.8, 4) is 5.75 Å². The van der Waals surface area contributed by atoms with Crippen LogP contribution in [0.25, 0.3) is 0 Å². The summed E-state index contributed by atoms with van der Waals surface area (Å²) in [6, 6.07) is 11.0. The van der Waals surface area contributed by atoms with Gasteiger partial charge in [0.05, 0.1) is 6.61 Å². The Balaban J connectivity index is 1.66. The highest BCUT2D eigenvalue weighted by atomic mass is 16.5. The number of allylic oxidation sites excluding steroid dienone is 1. The normalized spacial score (nSPS) is 18.8. The summed E-state index contributed by atoms with van der Waals surface area (Å²) in [6.07, 6.45) is 12.5. The Morgan fingerprint density at radius 1 is 1.23 bits per heavy atom. The quantitative estimate of drug-likeness (QED) is 0.599. The third kappa shape index (κ3) is 5.76. The lowest BCUT2D eigenvalue weighted by molar-refractivity contribution is -0.120. The van der Waals surface area contributed by atoms with Gasteiger partial charge in [-0.3, -0.25) is 14.8 Å². The molecule has 3 N–H and O–H groups in total. The van der Waals surface area contributed by atoms with Gasteiger partial charge in [-0.05, 0) is 62.6 Å². The summed E-state index contributed by atoms with van der Waals surface area (Å²) in [7, 11) is 0. The fraction of sp³-hybridized carbons (Fsp3) is 0.375. The maximum Gasteiger partial charge on any atom is 0.239 e. The van der Waals surface area contributed by atoms with Crippen molar-refractivity contribution in [3.63, 3.8) is 0 Å². The van der Waals surface area contributed by atoms with E-state index in [0.29, 0.717) is 18.9 Å². The predicted molar refractivity (Wildman–Crippen MR) is 120 cm³/mol. The number of aromatic nitrogens is 1. The third-order valence-electron chi connectivity index (χ3n) is 5.49. The van der Waals surface area contributed by atoms with Gasteiger partial charge < -0.3 is 15.8 Å². The Kier molecular flexibility index (Phi) is 7.74. The monoisotopic (exact) mass is 406 g/mol. The lowest BCUT2D eigenvalue weighted by Gasteiger charge is -2.32. The maximum atomic E-state index is 12.2. The minimum absolute atomic E-state index is 0.0490. The van der Waals surface area contributed by atoms with Gasteiger partial charge in [-0.25, -0.2) is 0 Å². The highest BCUT2D eigenvalue weighted by Crippen LogP contribution is 2.33. The van der Waals surface area contributed by atoms with Crippen LogP contribution in [0.5, 0.6) is 5.75 Å². The standard InChI is InChI=1S/C24H30N4O2/c1-2-30-21-7-4-3-6-20(21)22(23(25)29)28-17-13-24(11-5-14-27-18-24)12-8-19-9-15-26-16-10-19/h3-7,9-11,14-16,22,28H,2,8,12-13,17-18H2,1H3,(H2,25,29). The van der Waals surface area contributed by atoms with Crippen LogP contribution in [0.1, 0.15) is 36.9 Å². The number of carbonyl (C=O) groups is 1. The molecule has 0 saturated heterocycles. The lowest BCUT2D eigenvalue weighted by Crippen LogP contribution is -2.37. The molecule has 2 atom stereocenters. The minimum atomic E-state index is -0.596. The summed E-state index contributed by atoms with van der Waals surface area (Å²) in [5.41, 5.74) is 7.71. The number of carbonyl (C=O) groups excluding carboxylic acids is 1. The van der Waals surface area contributed by atoms with Gasteiger partial charge in [-0.15, -0.1) is 0 Å². The molecule has 0 bridgehead atoms. The number of dihydropyridines is 1. The molecule has 1 amide bonds. The molecule has 1 aromatic carbocycles. The largest absolute Gasteiger partial charge is 0.494 e. The van der Waals surface area contributed by atoms with Crippen LogP contribution in [0.2, 0.25) is 0 Å². The first kappa shape index (κ1) is 21.7. The van der Waals surface area contributed by atoms with E-state index in [4.69, 9.17) is 10.5 Å². The number of nitrogens with two attached hydrogens (primary N) is 1. The van der Waals surface area contributed by atoms with E-state index >= 15 is 0 Å². The number of pyridine rings is 1. The van der Waals surface area contributed by atoms with Crippen molar-refractivity contribution in [2.75, 3.05) is 19.7 Å². The molecule has 6 heteroatoms. The van der Waals surface area contributed by atoms with Crippen LogP contribution in [-0.2, 0) is 11.2 Å². The average molecular weight is 407 g/mol. The summed E-state index contributed by atoms with van der Waals surface area (Å²) in [6.45, 7) is 3.84. The van der Waals surface area contributed by atoms with E-state index in [-0.39, 0.29) is 5.41 Å². The molecule has 0 aliphatic carbocycles. The number of ether oxygens (including phenoxy) is 1. The van der Waals surface area contributed by atoms with Crippen molar-refractivity contribution >= 4 is 12.1 Å². The molecule has 2 aromatic rings. The van der Waals surface area contributed by atoms with Crippen molar-refractivity contribution in [2.24, 2.45) is 16.1 Å². The number of nitrogens with one attached hydrogen (secondary N) is 1. The molecule has 6 nitrogen and oxygen atoms in total. The number of hydrogen-bond donors (Lipinski definition) is 2. The molecule has 2 unspecified atom stereocenters. The summed E-state index contributed by atoms with van der Waals surface area (Å²) < 4.78 is 5.69. The molecular formula is C24H30N4O2. The van der Waals surface area contributed by atoms with Gasteiger partial charge in [-0.1, -0.05) is 24.3 Å². The summed E-state index contributed by atoms with van der Waals surface area (Å²) in [4.78, 5) is 20.8. The van der Waals surface area contributed by atoms with Gasteiger partial charge in [0.1, 0.15) is 11.8 Å². The molecule has 1 aromatic heterocycles. The highest BCUT2D eigenvalue weighted by molar-refractivity contribution is 5.82. The van der Waals surface area contributed by atoms with Crippen molar-refractivity contribution in [1.82, 2.24) is 10.3 Å². The Morgan fingerprint density at radius 2 is 2.03 bits per heavy atom. The number of nitrogens with zero attached hydrogens (tertiary/aromatic N) is 2. The van der Waals surface area contributed by atoms with E-state index in [9.17, 15) is 4.79 Å². The zero-order chi connectivity index (χ0) is 21.2. The first-order valence-corrected chi connectivity index (χ1v) is 10.4. The molecule has 0 radical (unpaired) electrons. The van der Waals surface area contributed by atoms with Crippen molar-refractivity contribution in [3.05, 3.63) is 72.1 Å². The highest BCUT2D eigenvalue weighted by Gasteiger charge is 2.29. The topological polar surface area (TPSA) is 89.6 Å². The summed E-state index contributed by atoms with van der Waals surface area (Å²) in [5.74, 6) is 0.274. The molecule has 158 valence electrons. The lowest BCUT2D eigenvalue weighted by atomic mass is 9.78. The van der Waals surface area contributed by atoms with Crippen LogP contribution >= 0.6 is 0 Å². The van der Waals surface area contributed by atoms with E-state index in [1.807, 2.05) is 55.9 Å². The summed E-state index contributed by atoms with van der Waals surface area (Å²) >= 11 is 0. The Hall–Kier alpha value is -2.99. The first-order chi connectivity index (χ1) is 14.6. The van der Waals surface area contributed by atoms with Gasteiger partial charge in [-0.2, -0.15) is 0 Å². The number of aryl methyl sites for hydroxylation is 1. The second-order valence-corrected chi connectivity index (χ2v) is 7.58. The molecule has 1 aliphatic rings. The van der Waals surface area contributed by atoms with Gasteiger partial charge in [0.15, 0.2) is 0 Å². The SMILES string of the molecule is CCOc1ccccc1C(NCCC1(CCc2ccncc2)C=CC=NC1)C(N)=O. The van der Waals surface area contributed by atoms with E-state index in [2.05, 4.69) is 33.5 Å². The van der Waals surface area contributed by atoms with Crippen LogP contribution in [0.4, 0.5) is 0 Å². The molecule has 1 aliphatic heterocycles. The van der Waals surface area contributed by atoms with Gasteiger partial charge in [0.2, 0.25) is 5.91 Å². The second kappa shape index (κ2) is 10.7. The summed E-state index contributed by atoms with van der Waals surface area (Å²) in [5, 5.41) is 3.35. The van der Waals surface area contributed by atoms with Gasteiger partial charge >= 0.3 is 0 Å². The number of aliphatic imine (C=N–C) groups is 1. The van der Waals surface area contributed by atoms with Gasteiger partial charge in [0, 0.05) is 36.1 Å². The number of benzene rings is 1. The molecule has 0 spiro atoms. The Bertz CT molecular complexity index is 882. The van der Waals surface area contributed by atoms with Crippen LogP contribution < -0.4 is 15.8 Å². The maximum absolute atomic E-state index is 12.2. The minimum Gasteiger partial charge on any atom is -0.494 e. The smallest absolute Gasteiger partial charge is 0.239 e. The number of hydrogen-bond acceptors (Lipinski definition) is 5. The van der Waals surface area contributed by atoms with Crippen molar-refractivity contribution in [2.45, 2.75) is 32.2 Å². The zero-order valence-corrected chi connectivity index (χ0v) is 17.5. The number of para-hydroxylation sites is 1. The first-order valence-electron chi connectivity index (χ1n) is 10.4.